The molecule has 1 saturated heterocycles. The lowest BCUT2D eigenvalue weighted by Gasteiger charge is -2.33. The fourth-order valence-corrected chi connectivity index (χ4v) is 2.99. The van der Waals surface area contributed by atoms with Gasteiger partial charge in [0.2, 0.25) is 11.7 Å². The van der Waals surface area contributed by atoms with Crippen molar-refractivity contribution in [1.82, 2.24) is 15.5 Å². The van der Waals surface area contributed by atoms with Crippen molar-refractivity contribution in [3.8, 4) is 11.4 Å². The van der Waals surface area contributed by atoms with E-state index in [9.17, 15) is 13.2 Å². The van der Waals surface area contributed by atoms with Crippen LogP contribution in [-0.2, 0) is 16.3 Å². The topological polar surface area (TPSA) is 60.2 Å². The van der Waals surface area contributed by atoms with Gasteiger partial charge in [0.25, 0.3) is 0 Å². The Labute approximate surface area is 149 Å². The smallest absolute Gasteiger partial charge is 0.384 e. The molecule has 1 aliphatic rings. The molecule has 0 radical (unpaired) electrons. The third-order valence-electron chi connectivity index (χ3n) is 4.31. The fourth-order valence-electron chi connectivity index (χ4n) is 2.99. The summed E-state index contributed by atoms with van der Waals surface area (Å²) in [5, 5.41) is 7.14. The molecule has 1 aliphatic heterocycles. The predicted molar refractivity (Wildman–Crippen MR) is 87.6 cm³/mol. The Morgan fingerprint density at radius 2 is 2.00 bits per heavy atom. The molecule has 0 unspecified atom stereocenters. The highest BCUT2D eigenvalue weighted by molar-refractivity contribution is 5.85. The summed E-state index contributed by atoms with van der Waals surface area (Å²) in [5.41, 5.74) is -0.853. The summed E-state index contributed by atoms with van der Waals surface area (Å²) in [5.74, 6) is 0.573. The molecule has 0 aliphatic carbocycles. The van der Waals surface area contributed by atoms with E-state index in [-0.39, 0.29) is 23.8 Å². The van der Waals surface area contributed by atoms with E-state index in [2.05, 4.69) is 15.5 Å². The molecule has 0 atom stereocenters. The van der Waals surface area contributed by atoms with Crippen LogP contribution in [0.25, 0.3) is 11.4 Å². The van der Waals surface area contributed by atoms with Crippen LogP contribution in [0.4, 0.5) is 13.2 Å². The zero-order valence-electron chi connectivity index (χ0n) is 13.6. The molecule has 2 aromatic rings. The molecule has 25 heavy (non-hydrogen) atoms. The van der Waals surface area contributed by atoms with Crippen LogP contribution in [0, 0.1) is 0 Å². The number of methoxy groups -OCH3 is 1. The summed E-state index contributed by atoms with van der Waals surface area (Å²) in [6.45, 7) is 2.02. The highest BCUT2D eigenvalue weighted by Gasteiger charge is 2.39. The van der Waals surface area contributed by atoms with Crippen molar-refractivity contribution < 1.29 is 22.4 Å². The molecule has 9 heteroatoms. The monoisotopic (exact) mass is 377 g/mol. The van der Waals surface area contributed by atoms with Crippen LogP contribution in [0.5, 0.6) is 0 Å². The van der Waals surface area contributed by atoms with E-state index in [1.54, 1.807) is 7.11 Å². The van der Waals surface area contributed by atoms with Crippen LogP contribution in [0.15, 0.2) is 28.8 Å². The zero-order valence-corrected chi connectivity index (χ0v) is 14.4. The standard InChI is InChI=1S/C16H18F3N3O2.ClH/c1-23-10-15(5-7-20-8-6-15)14-21-13(22-24-14)11-3-2-4-12(9-11)16(17,18)19;/h2-4,9,20H,5-8,10H2,1H3;1H. The van der Waals surface area contributed by atoms with Crippen molar-refractivity contribution in [2.24, 2.45) is 0 Å². The second kappa shape index (κ2) is 7.72. The lowest BCUT2D eigenvalue weighted by molar-refractivity contribution is -0.137. The fraction of sp³-hybridized carbons (Fsp3) is 0.500. The molecule has 138 valence electrons. The SMILES string of the molecule is COCC1(c2nc(-c3cccc(C(F)(F)F)c3)no2)CCNCC1.Cl. The maximum absolute atomic E-state index is 12.9. The first-order valence-corrected chi connectivity index (χ1v) is 7.66. The summed E-state index contributed by atoms with van der Waals surface area (Å²) in [7, 11) is 1.61. The first kappa shape index (κ1) is 19.7. The number of piperidine rings is 1. The number of hydrogen-bond donors (Lipinski definition) is 1. The highest BCUT2D eigenvalue weighted by Crippen LogP contribution is 2.35. The Hall–Kier alpha value is -1.64. The van der Waals surface area contributed by atoms with E-state index >= 15 is 0 Å². The van der Waals surface area contributed by atoms with Crippen molar-refractivity contribution in [1.29, 1.82) is 0 Å². The largest absolute Gasteiger partial charge is 0.416 e. The van der Waals surface area contributed by atoms with Gasteiger partial charge < -0.3 is 14.6 Å². The van der Waals surface area contributed by atoms with Crippen LogP contribution in [0.3, 0.4) is 0 Å². The molecule has 1 aromatic heterocycles. The Balaban J connectivity index is 0.00000225. The Bertz CT molecular complexity index is 694. The number of benzene rings is 1. The molecule has 3 rings (SSSR count). The molecule has 0 spiro atoms. The van der Waals surface area contributed by atoms with E-state index < -0.39 is 17.2 Å². The van der Waals surface area contributed by atoms with Crippen LogP contribution in [0.1, 0.15) is 24.3 Å². The maximum atomic E-state index is 12.9. The van der Waals surface area contributed by atoms with Crippen molar-refractivity contribution in [2.45, 2.75) is 24.4 Å². The minimum absolute atomic E-state index is 0. The molecular formula is C16H19ClF3N3O2. The zero-order chi connectivity index (χ0) is 17.2. The summed E-state index contributed by atoms with van der Waals surface area (Å²) in [4.78, 5) is 4.37. The van der Waals surface area contributed by atoms with Crippen molar-refractivity contribution >= 4 is 12.4 Å². The second-order valence-electron chi connectivity index (χ2n) is 5.97. The van der Waals surface area contributed by atoms with E-state index in [1.807, 2.05) is 0 Å². The third-order valence-corrected chi connectivity index (χ3v) is 4.31. The van der Waals surface area contributed by atoms with E-state index in [0.29, 0.717) is 12.5 Å². The first-order valence-electron chi connectivity index (χ1n) is 7.66. The molecule has 0 bridgehead atoms. The Morgan fingerprint density at radius 1 is 1.28 bits per heavy atom. The summed E-state index contributed by atoms with van der Waals surface area (Å²) >= 11 is 0. The second-order valence-corrected chi connectivity index (χ2v) is 5.97. The summed E-state index contributed by atoms with van der Waals surface area (Å²) in [6, 6.07) is 4.92. The molecular weight excluding hydrogens is 359 g/mol. The molecule has 0 amide bonds. The maximum Gasteiger partial charge on any atom is 0.416 e. The number of nitrogens with one attached hydrogen (secondary N) is 1. The van der Waals surface area contributed by atoms with Gasteiger partial charge in [-0.05, 0) is 38.1 Å². The quantitative estimate of drug-likeness (QED) is 0.884. The normalized spacial score (nSPS) is 17.1. The Kier molecular flexibility index (Phi) is 6.08. The van der Waals surface area contributed by atoms with Crippen LogP contribution < -0.4 is 5.32 Å². The van der Waals surface area contributed by atoms with Crippen LogP contribution in [0.2, 0.25) is 0 Å². The number of alkyl halides is 3. The third kappa shape index (κ3) is 4.13. The van der Waals surface area contributed by atoms with Gasteiger partial charge in [-0.2, -0.15) is 18.2 Å². The van der Waals surface area contributed by atoms with Gasteiger partial charge in [0.1, 0.15) is 0 Å². The van der Waals surface area contributed by atoms with Gasteiger partial charge in [-0.3, -0.25) is 0 Å². The lowest BCUT2D eigenvalue weighted by atomic mass is 9.79. The average Bonchev–Trinajstić information content (AvgIpc) is 3.06. The van der Waals surface area contributed by atoms with E-state index in [0.717, 1.165) is 38.1 Å². The number of hydrogen-bond acceptors (Lipinski definition) is 5. The molecule has 0 saturated carbocycles. The number of rotatable bonds is 4. The van der Waals surface area contributed by atoms with Gasteiger partial charge in [0.15, 0.2) is 0 Å². The molecule has 1 aromatic carbocycles. The van der Waals surface area contributed by atoms with Gasteiger partial charge in [0, 0.05) is 12.7 Å². The van der Waals surface area contributed by atoms with Crippen LogP contribution in [-0.4, -0.2) is 36.9 Å². The van der Waals surface area contributed by atoms with Gasteiger partial charge in [0.05, 0.1) is 17.6 Å². The Morgan fingerprint density at radius 3 is 2.64 bits per heavy atom. The number of halogens is 4. The minimum atomic E-state index is -4.41. The van der Waals surface area contributed by atoms with Gasteiger partial charge in [-0.25, -0.2) is 0 Å². The number of aromatic nitrogens is 2. The highest BCUT2D eigenvalue weighted by atomic mass is 35.5. The van der Waals surface area contributed by atoms with E-state index in [4.69, 9.17) is 9.26 Å². The number of ether oxygens (including phenoxy) is 1. The average molecular weight is 378 g/mol. The lowest BCUT2D eigenvalue weighted by Crippen LogP contribution is -2.43. The number of nitrogens with zero attached hydrogens (tertiary/aromatic N) is 2. The summed E-state index contributed by atoms with van der Waals surface area (Å²) in [6.07, 6.45) is -2.87. The van der Waals surface area contributed by atoms with Gasteiger partial charge in [-0.1, -0.05) is 17.3 Å². The summed E-state index contributed by atoms with van der Waals surface area (Å²) < 4.78 is 49.3. The van der Waals surface area contributed by atoms with Gasteiger partial charge >= 0.3 is 6.18 Å². The molecule has 5 nitrogen and oxygen atoms in total. The van der Waals surface area contributed by atoms with E-state index in [1.165, 1.54) is 12.1 Å². The van der Waals surface area contributed by atoms with Gasteiger partial charge in [-0.15, -0.1) is 12.4 Å². The van der Waals surface area contributed by atoms with Crippen molar-refractivity contribution in [2.75, 3.05) is 26.8 Å². The minimum Gasteiger partial charge on any atom is -0.384 e. The molecule has 2 heterocycles. The van der Waals surface area contributed by atoms with Crippen molar-refractivity contribution in [3.63, 3.8) is 0 Å². The molecule has 1 fully saturated rings. The molecule has 1 N–H and O–H groups in total. The van der Waals surface area contributed by atoms with Crippen molar-refractivity contribution in [3.05, 3.63) is 35.7 Å². The van der Waals surface area contributed by atoms with Crippen LogP contribution >= 0.6 is 12.4 Å². The first-order chi connectivity index (χ1) is 11.4. The predicted octanol–water partition coefficient (Wildman–Crippen LogP) is 3.44.